The fraction of sp³-hybridized carbons (Fsp3) is 0. The lowest BCUT2D eigenvalue weighted by molar-refractivity contribution is -0.114. The number of benzene rings is 1. The molecule has 1 amide bonds. The van der Waals surface area contributed by atoms with Crippen LogP contribution in [0.1, 0.15) is 21.5 Å². The maximum absolute atomic E-state index is 12.7. The molecular weight excluding hydrogens is 304 g/mol. The standard InChI is InChI=1S/C18H12N4O2/c19-9-13(17(20)24)8-11-3-1-4-12(7-11)16(23)15-10-22-18-14(15)5-2-6-21-18/h1-8,10H,(H2,20,24)(H,21,22)/b13-8+. The first-order valence-corrected chi connectivity index (χ1v) is 7.08. The molecule has 1 aromatic carbocycles. The molecule has 0 aliphatic heterocycles. The number of carbonyl (C=O) groups is 2. The lowest BCUT2D eigenvalue weighted by atomic mass is 10.0. The molecule has 0 unspecified atom stereocenters. The quantitative estimate of drug-likeness (QED) is 0.436. The van der Waals surface area contributed by atoms with Crippen molar-refractivity contribution in [3.8, 4) is 6.07 Å². The predicted molar refractivity (Wildman–Crippen MR) is 88.8 cm³/mol. The van der Waals surface area contributed by atoms with Gasteiger partial charge in [-0.3, -0.25) is 9.59 Å². The highest BCUT2D eigenvalue weighted by atomic mass is 16.1. The summed E-state index contributed by atoms with van der Waals surface area (Å²) < 4.78 is 0. The average molecular weight is 316 g/mol. The van der Waals surface area contributed by atoms with Crippen LogP contribution in [0.25, 0.3) is 17.1 Å². The van der Waals surface area contributed by atoms with Gasteiger partial charge in [0.05, 0.1) is 0 Å². The first-order valence-electron chi connectivity index (χ1n) is 7.08. The van der Waals surface area contributed by atoms with Crippen LogP contribution in [0.2, 0.25) is 0 Å². The van der Waals surface area contributed by atoms with Crippen LogP contribution in [-0.2, 0) is 4.79 Å². The summed E-state index contributed by atoms with van der Waals surface area (Å²) in [4.78, 5) is 31.0. The van der Waals surface area contributed by atoms with Crippen molar-refractivity contribution in [2.24, 2.45) is 5.73 Å². The Hall–Kier alpha value is -3.72. The number of hydrogen-bond donors (Lipinski definition) is 2. The smallest absolute Gasteiger partial charge is 0.259 e. The number of nitrogens with one attached hydrogen (secondary N) is 1. The highest BCUT2D eigenvalue weighted by Crippen LogP contribution is 2.20. The summed E-state index contributed by atoms with van der Waals surface area (Å²) in [5, 5.41) is 9.64. The summed E-state index contributed by atoms with van der Waals surface area (Å²) in [6.07, 6.45) is 4.62. The van der Waals surface area contributed by atoms with E-state index in [9.17, 15) is 9.59 Å². The monoisotopic (exact) mass is 316 g/mol. The minimum atomic E-state index is -0.808. The van der Waals surface area contributed by atoms with E-state index in [1.54, 1.807) is 48.8 Å². The van der Waals surface area contributed by atoms with Gasteiger partial charge in [0.15, 0.2) is 5.78 Å². The van der Waals surface area contributed by atoms with E-state index in [2.05, 4.69) is 9.97 Å². The van der Waals surface area contributed by atoms with Crippen LogP contribution < -0.4 is 5.73 Å². The Morgan fingerprint density at radius 3 is 2.83 bits per heavy atom. The van der Waals surface area contributed by atoms with E-state index in [0.717, 1.165) is 5.39 Å². The molecule has 3 N–H and O–H groups in total. The molecule has 6 nitrogen and oxygen atoms in total. The highest BCUT2D eigenvalue weighted by molar-refractivity contribution is 6.16. The molecule has 0 saturated carbocycles. The van der Waals surface area contributed by atoms with Gasteiger partial charge in [-0.15, -0.1) is 0 Å². The highest BCUT2D eigenvalue weighted by Gasteiger charge is 2.15. The third-order valence-electron chi connectivity index (χ3n) is 3.54. The van der Waals surface area contributed by atoms with Gasteiger partial charge in [0.2, 0.25) is 0 Å². The van der Waals surface area contributed by atoms with Crippen LogP contribution in [0.4, 0.5) is 0 Å². The Kier molecular flexibility index (Phi) is 3.91. The molecule has 0 spiro atoms. The van der Waals surface area contributed by atoms with E-state index in [4.69, 9.17) is 11.0 Å². The lowest BCUT2D eigenvalue weighted by Gasteiger charge is -2.02. The molecule has 0 radical (unpaired) electrons. The van der Waals surface area contributed by atoms with E-state index in [0.29, 0.717) is 22.3 Å². The third kappa shape index (κ3) is 2.78. The number of ketones is 1. The number of nitrogens with zero attached hydrogens (tertiary/aromatic N) is 2. The Balaban J connectivity index is 2.02. The van der Waals surface area contributed by atoms with Gasteiger partial charge in [-0.1, -0.05) is 18.2 Å². The summed E-state index contributed by atoms with van der Waals surface area (Å²) in [6, 6.07) is 12.0. The molecule has 6 heteroatoms. The number of fused-ring (bicyclic) bond motifs is 1. The SMILES string of the molecule is N#C/C(=C\c1cccc(C(=O)c2c[nH]c3ncccc23)c1)C(N)=O. The second kappa shape index (κ2) is 6.18. The number of aromatic amines is 1. The number of rotatable bonds is 4. The maximum Gasteiger partial charge on any atom is 0.259 e. The Labute approximate surface area is 137 Å². The number of amides is 1. The molecule has 3 rings (SSSR count). The molecule has 3 aromatic rings. The van der Waals surface area contributed by atoms with Gasteiger partial charge < -0.3 is 10.7 Å². The number of aromatic nitrogens is 2. The van der Waals surface area contributed by atoms with Gasteiger partial charge >= 0.3 is 0 Å². The first-order chi connectivity index (χ1) is 11.6. The van der Waals surface area contributed by atoms with Crippen LogP contribution in [0.3, 0.4) is 0 Å². The molecule has 0 fully saturated rings. The van der Waals surface area contributed by atoms with Crippen molar-refractivity contribution in [3.05, 3.63) is 71.1 Å². The number of nitriles is 1. The molecular formula is C18H12N4O2. The minimum absolute atomic E-state index is 0.170. The van der Waals surface area contributed by atoms with Crippen LogP contribution in [0.15, 0.2) is 54.4 Å². The second-order valence-corrected chi connectivity index (χ2v) is 5.09. The molecule has 2 aromatic heterocycles. The molecule has 0 bridgehead atoms. The molecule has 116 valence electrons. The van der Waals surface area contributed by atoms with E-state index >= 15 is 0 Å². The van der Waals surface area contributed by atoms with Gasteiger partial charge in [0, 0.05) is 28.9 Å². The van der Waals surface area contributed by atoms with Crippen molar-refractivity contribution in [1.82, 2.24) is 9.97 Å². The van der Waals surface area contributed by atoms with Crippen molar-refractivity contribution in [2.75, 3.05) is 0 Å². The number of primary amides is 1. The molecule has 2 heterocycles. The molecule has 0 aliphatic rings. The largest absolute Gasteiger partial charge is 0.365 e. The molecule has 0 aliphatic carbocycles. The molecule has 0 atom stereocenters. The lowest BCUT2D eigenvalue weighted by Crippen LogP contribution is -2.12. The Morgan fingerprint density at radius 1 is 1.25 bits per heavy atom. The fourth-order valence-corrected chi connectivity index (χ4v) is 2.39. The summed E-state index contributed by atoms with van der Waals surface area (Å²) in [7, 11) is 0. The van der Waals surface area contributed by atoms with E-state index in [1.165, 1.54) is 6.08 Å². The van der Waals surface area contributed by atoms with Crippen LogP contribution in [0, 0.1) is 11.3 Å². The number of hydrogen-bond acceptors (Lipinski definition) is 4. The van der Waals surface area contributed by atoms with E-state index in [1.807, 2.05) is 6.07 Å². The van der Waals surface area contributed by atoms with Crippen molar-refractivity contribution >= 4 is 28.8 Å². The summed E-state index contributed by atoms with van der Waals surface area (Å²) in [6.45, 7) is 0. The Morgan fingerprint density at radius 2 is 2.08 bits per heavy atom. The average Bonchev–Trinajstić information content (AvgIpc) is 3.03. The number of carbonyl (C=O) groups excluding carboxylic acids is 2. The Bertz CT molecular complexity index is 1020. The van der Waals surface area contributed by atoms with Crippen molar-refractivity contribution in [2.45, 2.75) is 0 Å². The number of H-pyrrole nitrogens is 1. The number of pyridine rings is 1. The van der Waals surface area contributed by atoms with Crippen LogP contribution in [0.5, 0.6) is 0 Å². The topological polar surface area (TPSA) is 113 Å². The van der Waals surface area contributed by atoms with Crippen LogP contribution in [-0.4, -0.2) is 21.7 Å². The van der Waals surface area contributed by atoms with E-state index < -0.39 is 5.91 Å². The zero-order valence-corrected chi connectivity index (χ0v) is 12.5. The van der Waals surface area contributed by atoms with Crippen molar-refractivity contribution < 1.29 is 9.59 Å². The van der Waals surface area contributed by atoms with Gasteiger partial charge in [-0.25, -0.2) is 4.98 Å². The predicted octanol–water partition coefficient (Wildman–Crippen LogP) is 2.19. The van der Waals surface area contributed by atoms with Gasteiger partial charge in [0.1, 0.15) is 17.3 Å². The zero-order valence-electron chi connectivity index (χ0n) is 12.5. The second-order valence-electron chi connectivity index (χ2n) is 5.09. The van der Waals surface area contributed by atoms with E-state index in [-0.39, 0.29) is 11.4 Å². The summed E-state index contributed by atoms with van der Waals surface area (Å²) in [5.74, 6) is -0.987. The normalized spacial score (nSPS) is 11.2. The van der Waals surface area contributed by atoms with Crippen molar-refractivity contribution in [3.63, 3.8) is 0 Å². The molecule has 24 heavy (non-hydrogen) atoms. The summed E-state index contributed by atoms with van der Waals surface area (Å²) >= 11 is 0. The summed E-state index contributed by atoms with van der Waals surface area (Å²) in [5.41, 5.74) is 7.09. The van der Waals surface area contributed by atoms with Gasteiger partial charge in [-0.05, 0) is 29.8 Å². The zero-order chi connectivity index (χ0) is 17.1. The first kappa shape index (κ1) is 15.2. The van der Waals surface area contributed by atoms with Gasteiger partial charge in [0.25, 0.3) is 5.91 Å². The minimum Gasteiger partial charge on any atom is -0.365 e. The maximum atomic E-state index is 12.7. The van der Waals surface area contributed by atoms with Crippen LogP contribution >= 0.6 is 0 Å². The van der Waals surface area contributed by atoms with Gasteiger partial charge in [-0.2, -0.15) is 5.26 Å². The molecule has 0 saturated heterocycles. The fourth-order valence-electron chi connectivity index (χ4n) is 2.39. The van der Waals surface area contributed by atoms with Crippen molar-refractivity contribution in [1.29, 1.82) is 5.26 Å². The number of nitrogens with two attached hydrogens (primary N) is 1. The third-order valence-corrected chi connectivity index (χ3v) is 3.54.